The Hall–Kier alpha value is -2.30. The third-order valence-corrected chi connectivity index (χ3v) is 3.87. The number of aromatic nitrogens is 2. The van der Waals surface area contributed by atoms with Gasteiger partial charge < -0.3 is 15.0 Å². The van der Waals surface area contributed by atoms with E-state index in [1.165, 1.54) is 5.56 Å². The van der Waals surface area contributed by atoms with E-state index in [1.54, 1.807) is 0 Å². The van der Waals surface area contributed by atoms with Crippen molar-refractivity contribution in [2.75, 3.05) is 37.5 Å². The summed E-state index contributed by atoms with van der Waals surface area (Å²) in [6.45, 7) is 3.56. The van der Waals surface area contributed by atoms with Crippen LogP contribution >= 0.6 is 0 Å². The second-order valence-corrected chi connectivity index (χ2v) is 5.96. The van der Waals surface area contributed by atoms with E-state index < -0.39 is 0 Å². The van der Waals surface area contributed by atoms with Crippen molar-refractivity contribution >= 4 is 11.8 Å². The minimum atomic E-state index is 0.433. The summed E-state index contributed by atoms with van der Waals surface area (Å²) in [4.78, 5) is 10.9. The van der Waals surface area contributed by atoms with Crippen molar-refractivity contribution in [2.24, 2.45) is 5.92 Å². The number of rotatable bonds is 4. The standard InChI is InChI=1S/C17H22N4O/c1-12-9-18-17(20-16(12)21(2)3)19-10-13-8-14-6-4-5-7-15(14)22-11-13/h4-7,9,13H,8,10-11H2,1-3H3,(H,18,19,20). The summed E-state index contributed by atoms with van der Waals surface area (Å²) in [5.41, 5.74) is 2.35. The summed E-state index contributed by atoms with van der Waals surface area (Å²) < 4.78 is 5.82. The summed E-state index contributed by atoms with van der Waals surface area (Å²) in [6.07, 6.45) is 2.88. The zero-order valence-electron chi connectivity index (χ0n) is 13.3. The van der Waals surface area contributed by atoms with Crippen molar-refractivity contribution in [1.82, 2.24) is 9.97 Å². The molecule has 1 unspecified atom stereocenters. The van der Waals surface area contributed by atoms with Gasteiger partial charge in [0.2, 0.25) is 5.95 Å². The average Bonchev–Trinajstić information content (AvgIpc) is 2.53. The van der Waals surface area contributed by atoms with Gasteiger partial charge in [0, 0.05) is 38.3 Å². The van der Waals surface area contributed by atoms with Gasteiger partial charge in [0.25, 0.3) is 0 Å². The van der Waals surface area contributed by atoms with Crippen molar-refractivity contribution in [3.8, 4) is 5.75 Å². The molecule has 0 bridgehead atoms. The van der Waals surface area contributed by atoms with Crippen LogP contribution in [-0.4, -0.2) is 37.2 Å². The Balaban J connectivity index is 1.63. The fourth-order valence-electron chi connectivity index (χ4n) is 2.73. The lowest BCUT2D eigenvalue weighted by Crippen LogP contribution is -2.28. The SMILES string of the molecule is Cc1cnc(NCC2COc3ccccc3C2)nc1N(C)C. The number of para-hydroxylation sites is 1. The summed E-state index contributed by atoms with van der Waals surface area (Å²) in [7, 11) is 3.98. The lowest BCUT2D eigenvalue weighted by molar-refractivity contribution is 0.229. The van der Waals surface area contributed by atoms with Crippen LogP contribution in [0.15, 0.2) is 30.5 Å². The molecular formula is C17H22N4O. The molecule has 3 rings (SSSR count). The van der Waals surface area contributed by atoms with E-state index in [2.05, 4.69) is 27.4 Å². The number of aryl methyl sites for hydroxylation is 1. The van der Waals surface area contributed by atoms with Crippen LogP contribution < -0.4 is 15.0 Å². The highest BCUT2D eigenvalue weighted by Crippen LogP contribution is 2.26. The van der Waals surface area contributed by atoms with Crippen molar-refractivity contribution in [1.29, 1.82) is 0 Å². The third kappa shape index (κ3) is 3.13. The van der Waals surface area contributed by atoms with Crippen LogP contribution in [-0.2, 0) is 6.42 Å². The molecule has 116 valence electrons. The monoisotopic (exact) mass is 298 g/mol. The number of nitrogens with one attached hydrogen (secondary N) is 1. The average molecular weight is 298 g/mol. The first kappa shape index (κ1) is 14.6. The number of nitrogens with zero attached hydrogens (tertiary/aromatic N) is 3. The van der Waals surface area contributed by atoms with Crippen LogP contribution in [0, 0.1) is 12.8 Å². The smallest absolute Gasteiger partial charge is 0.224 e. The van der Waals surface area contributed by atoms with Gasteiger partial charge >= 0.3 is 0 Å². The van der Waals surface area contributed by atoms with E-state index in [-0.39, 0.29) is 0 Å². The molecule has 1 aliphatic rings. The molecule has 1 atom stereocenters. The number of ether oxygens (including phenoxy) is 1. The van der Waals surface area contributed by atoms with Gasteiger partial charge in [0.15, 0.2) is 0 Å². The summed E-state index contributed by atoms with van der Waals surface area (Å²) >= 11 is 0. The molecule has 0 amide bonds. The maximum absolute atomic E-state index is 5.82. The Morgan fingerprint density at radius 1 is 1.32 bits per heavy atom. The summed E-state index contributed by atoms with van der Waals surface area (Å²) in [5.74, 6) is 3.07. The molecule has 0 spiro atoms. The second kappa shape index (κ2) is 6.22. The quantitative estimate of drug-likeness (QED) is 0.940. The molecule has 0 aliphatic carbocycles. The van der Waals surface area contributed by atoms with Gasteiger partial charge in [-0.3, -0.25) is 0 Å². The van der Waals surface area contributed by atoms with E-state index in [0.717, 1.165) is 36.7 Å². The molecule has 1 N–H and O–H groups in total. The molecule has 0 saturated carbocycles. The van der Waals surface area contributed by atoms with Gasteiger partial charge in [-0.15, -0.1) is 0 Å². The van der Waals surface area contributed by atoms with Crippen LogP contribution in [0.4, 0.5) is 11.8 Å². The largest absolute Gasteiger partial charge is 0.493 e. The van der Waals surface area contributed by atoms with Gasteiger partial charge in [-0.2, -0.15) is 4.98 Å². The molecule has 0 fully saturated rings. The lowest BCUT2D eigenvalue weighted by atomic mass is 9.97. The van der Waals surface area contributed by atoms with Gasteiger partial charge in [-0.05, 0) is 25.0 Å². The van der Waals surface area contributed by atoms with Crippen LogP contribution in [0.25, 0.3) is 0 Å². The molecular weight excluding hydrogens is 276 g/mol. The van der Waals surface area contributed by atoms with E-state index in [4.69, 9.17) is 4.74 Å². The first-order valence-electron chi connectivity index (χ1n) is 7.59. The van der Waals surface area contributed by atoms with E-state index in [1.807, 2.05) is 44.2 Å². The second-order valence-electron chi connectivity index (χ2n) is 5.96. The fourth-order valence-corrected chi connectivity index (χ4v) is 2.73. The minimum Gasteiger partial charge on any atom is -0.493 e. The van der Waals surface area contributed by atoms with Gasteiger partial charge in [0.05, 0.1) is 6.61 Å². The predicted octanol–water partition coefficient (Wildman–Crippen LogP) is 2.51. The topological polar surface area (TPSA) is 50.3 Å². The Bertz CT molecular complexity index is 657. The highest BCUT2D eigenvalue weighted by Gasteiger charge is 2.19. The Kier molecular flexibility index (Phi) is 4.13. The van der Waals surface area contributed by atoms with Crippen molar-refractivity contribution in [3.05, 3.63) is 41.6 Å². The first-order chi connectivity index (χ1) is 10.6. The zero-order chi connectivity index (χ0) is 15.5. The molecule has 22 heavy (non-hydrogen) atoms. The molecule has 0 radical (unpaired) electrons. The lowest BCUT2D eigenvalue weighted by Gasteiger charge is -2.25. The van der Waals surface area contributed by atoms with Crippen molar-refractivity contribution < 1.29 is 4.74 Å². The fraction of sp³-hybridized carbons (Fsp3) is 0.412. The number of anilines is 2. The highest BCUT2D eigenvalue weighted by molar-refractivity contribution is 5.47. The molecule has 5 heteroatoms. The van der Waals surface area contributed by atoms with E-state index in [9.17, 15) is 0 Å². The van der Waals surface area contributed by atoms with E-state index in [0.29, 0.717) is 11.9 Å². The maximum atomic E-state index is 5.82. The van der Waals surface area contributed by atoms with Crippen LogP contribution in [0.2, 0.25) is 0 Å². The molecule has 0 saturated heterocycles. The molecule has 1 aliphatic heterocycles. The zero-order valence-corrected chi connectivity index (χ0v) is 13.3. The normalized spacial score (nSPS) is 16.6. The number of benzene rings is 1. The number of hydrogen-bond acceptors (Lipinski definition) is 5. The van der Waals surface area contributed by atoms with Crippen LogP contribution in [0.1, 0.15) is 11.1 Å². The van der Waals surface area contributed by atoms with Crippen LogP contribution in [0.3, 0.4) is 0 Å². The van der Waals surface area contributed by atoms with Gasteiger partial charge in [-0.25, -0.2) is 4.98 Å². The minimum absolute atomic E-state index is 0.433. The summed E-state index contributed by atoms with van der Waals surface area (Å²) in [5, 5.41) is 3.34. The molecule has 5 nitrogen and oxygen atoms in total. The van der Waals surface area contributed by atoms with Crippen LogP contribution in [0.5, 0.6) is 5.75 Å². The maximum Gasteiger partial charge on any atom is 0.224 e. The van der Waals surface area contributed by atoms with Crippen molar-refractivity contribution in [2.45, 2.75) is 13.3 Å². The highest BCUT2D eigenvalue weighted by atomic mass is 16.5. The Morgan fingerprint density at radius 3 is 2.95 bits per heavy atom. The Labute approximate surface area is 131 Å². The number of fused-ring (bicyclic) bond motifs is 1. The summed E-state index contributed by atoms with van der Waals surface area (Å²) in [6, 6.07) is 8.24. The van der Waals surface area contributed by atoms with Crippen molar-refractivity contribution in [3.63, 3.8) is 0 Å². The predicted molar refractivity (Wildman–Crippen MR) is 88.7 cm³/mol. The molecule has 2 heterocycles. The third-order valence-electron chi connectivity index (χ3n) is 3.87. The Morgan fingerprint density at radius 2 is 2.14 bits per heavy atom. The van der Waals surface area contributed by atoms with Gasteiger partial charge in [0.1, 0.15) is 11.6 Å². The molecule has 1 aromatic heterocycles. The number of hydrogen-bond donors (Lipinski definition) is 1. The molecule has 2 aromatic rings. The first-order valence-corrected chi connectivity index (χ1v) is 7.59. The van der Waals surface area contributed by atoms with Gasteiger partial charge in [-0.1, -0.05) is 18.2 Å². The molecule has 1 aromatic carbocycles. The van der Waals surface area contributed by atoms with E-state index >= 15 is 0 Å².